The molecule has 1 aromatic rings. The van der Waals surface area contributed by atoms with Gasteiger partial charge < -0.3 is 20.1 Å². The van der Waals surface area contributed by atoms with Crippen molar-refractivity contribution in [3.8, 4) is 5.75 Å². The highest BCUT2D eigenvalue weighted by atomic mass is 35.5. The first-order valence-corrected chi connectivity index (χ1v) is 6.88. The second-order valence-electron chi connectivity index (χ2n) is 4.28. The molecule has 5 nitrogen and oxygen atoms in total. The van der Waals surface area contributed by atoms with E-state index in [1.165, 1.54) is 0 Å². The Labute approximate surface area is 125 Å². The van der Waals surface area contributed by atoms with Crippen LogP contribution in [0.15, 0.2) is 29.3 Å². The minimum Gasteiger partial charge on any atom is -0.490 e. The molecule has 0 bridgehead atoms. The summed E-state index contributed by atoms with van der Waals surface area (Å²) in [6.45, 7) is 3.78. The number of rotatable bonds is 7. The lowest BCUT2D eigenvalue weighted by Gasteiger charge is -2.17. The Morgan fingerprint density at radius 1 is 1.40 bits per heavy atom. The third-order valence-corrected chi connectivity index (χ3v) is 2.82. The summed E-state index contributed by atoms with van der Waals surface area (Å²) in [6, 6.07) is 7.60. The van der Waals surface area contributed by atoms with E-state index < -0.39 is 0 Å². The van der Waals surface area contributed by atoms with Gasteiger partial charge in [-0.2, -0.15) is 0 Å². The highest BCUT2D eigenvalue weighted by Gasteiger charge is 2.04. The molecular weight excluding hydrogens is 278 g/mol. The van der Waals surface area contributed by atoms with E-state index in [0.29, 0.717) is 30.5 Å². The van der Waals surface area contributed by atoms with Crippen LogP contribution in [0.4, 0.5) is 0 Å². The molecule has 0 aliphatic heterocycles. The van der Waals surface area contributed by atoms with E-state index >= 15 is 0 Å². The molecular formula is C14H22ClN3O2. The molecule has 0 saturated carbocycles. The first-order valence-electron chi connectivity index (χ1n) is 6.50. The predicted molar refractivity (Wildman–Crippen MR) is 82.8 cm³/mol. The van der Waals surface area contributed by atoms with Gasteiger partial charge in [0.25, 0.3) is 0 Å². The molecule has 0 fully saturated rings. The third-order valence-electron chi connectivity index (χ3n) is 2.51. The molecule has 0 aromatic heterocycles. The van der Waals surface area contributed by atoms with Crippen LogP contribution in [0.2, 0.25) is 5.02 Å². The molecule has 20 heavy (non-hydrogen) atoms. The van der Waals surface area contributed by atoms with Gasteiger partial charge in [-0.25, -0.2) is 0 Å². The number of guanidine groups is 1. The molecule has 0 saturated heterocycles. The van der Waals surface area contributed by atoms with E-state index in [4.69, 9.17) is 21.1 Å². The van der Waals surface area contributed by atoms with Crippen molar-refractivity contribution >= 4 is 17.6 Å². The van der Waals surface area contributed by atoms with Gasteiger partial charge in [0.15, 0.2) is 5.96 Å². The van der Waals surface area contributed by atoms with E-state index in [0.717, 1.165) is 5.96 Å². The number of halogens is 1. The summed E-state index contributed by atoms with van der Waals surface area (Å²) in [6.07, 6.45) is 0. The van der Waals surface area contributed by atoms with Crippen molar-refractivity contribution in [1.29, 1.82) is 0 Å². The second kappa shape index (κ2) is 9.44. The number of nitrogens with zero attached hydrogens (tertiary/aromatic N) is 1. The number of ether oxygens (including phenoxy) is 2. The largest absolute Gasteiger partial charge is 0.490 e. The van der Waals surface area contributed by atoms with Crippen LogP contribution in [-0.4, -0.2) is 45.9 Å². The zero-order chi connectivity index (χ0) is 14.8. The van der Waals surface area contributed by atoms with Gasteiger partial charge in [-0.05, 0) is 19.1 Å². The molecule has 0 radical (unpaired) electrons. The summed E-state index contributed by atoms with van der Waals surface area (Å²) in [5, 5.41) is 6.99. The minimum atomic E-state index is 0.190. The molecule has 1 atom stereocenters. The molecule has 2 N–H and O–H groups in total. The van der Waals surface area contributed by atoms with Crippen LogP contribution in [0.5, 0.6) is 5.75 Å². The maximum absolute atomic E-state index is 6.00. The minimum absolute atomic E-state index is 0.190. The van der Waals surface area contributed by atoms with Gasteiger partial charge in [-0.15, -0.1) is 0 Å². The molecule has 1 rings (SSSR count). The lowest BCUT2D eigenvalue weighted by atomic mass is 10.3. The van der Waals surface area contributed by atoms with Crippen molar-refractivity contribution in [1.82, 2.24) is 10.6 Å². The summed E-state index contributed by atoms with van der Waals surface area (Å²) in [4.78, 5) is 4.13. The summed E-state index contributed by atoms with van der Waals surface area (Å²) in [7, 11) is 3.40. The lowest BCUT2D eigenvalue weighted by molar-refractivity contribution is 0.179. The quantitative estimate of drug-likeness (QED) is 0.459. The molecule has 0 heterocycles. The van der Waals surface area contributed by atoms with Gasteiger partial charge in [-0.3, -0.25) is 4.99 Å². The molecule has 0 spiro atoms. The van der Waals surface area contributed by atoms with Gasteiger partial charge in [0.1, 0.15) is 12.4 Å². The summed E-state index contributed by atoms with van der Waals surface area (Å²) in [5.74, 6) is 1.41. The van der Waals surface area contributed by atoms with E-state index in [1.807, 2.05) is 25.1 Å². The molecule has 6 heteroatoms. The van der Waals surface area contributed by atoms with Gasteiger partial charge in [-0.1, -0.05) is 23.7 Å². The highest BCUT2D eigenvalue weighted by Crippen LogP contribution is 2.22. The first kappa shape index (κ1) is 16.6. The number of para-hydroxylation sites is 1. The molecule has 1 unspecified atom stereocenters. The standard InChI is InChI=1S/C14H22ClN3O2/c1-11(10-19-3)18-14(16-2)17-8-9-20-13-7-5-4-6-12(13)15/h4-7,11H,8-10H2,1-3H3,(H2,16,17,18). The van der Waals surface area contributed by atoms with Gasteiger partial charge in [0, 0.05) is 20.2 Å². The van der Waals surface area contributed by atoms with Crippen molar-refractivity contribution < 1.29 is 9.47 Å². The average Bonchev–Trinajstić information content (AvgIpc) is 2.44. The Morgan fingerprint density at radius 2 is 2.15 bits per heavy atom. The molecule has 1 aromatic carbocycles. The van der Waals surface area contributed by atoms with Crippen LogP contribution >= 0.6 is 11.6 Å². The number of benzene rings is 1. The fourth-order valence-electron chi connectivity index (χ4n) is 1.61. The third kappa shape index (κ3) is 6.12. The zero-order valence-electron chi connectivity index (χ0n) is 12.1. The first-order chi connectivity index (χ1) is 9.67. The van der Waals surface area contributed by atoms with Crippen molar-refractivity contribution in [3.05, 3.63) is 29.3 Å². The van der Waals surface area contributed by atoms with E-state index in [-0.39, 0.29) is 6.04 Å². The summed E-state index contributed by atoms with van der Waals surface area (Å²) < 4.78 is 10.6. The maximum Gasteiger partial charge on any atom is 0.191 e. The molecule has 0 aliphatic rings. The SMILES string of the molecule is CN=C(NCCOc1ccccc1Cl)NC(C)COC. The lowest BCUT2D eigenvalue weighted by Crippen LogP contribution is -2.45. The van der Waals surface area contributed by atoms with Crippen molar-refractivity contribution in [2.75, 3.05) is 33.9 Å². The predicted octanol–water partition coefficient (Wildman–Crippen LogP) is 1.92. The Morgan fingerprint density at radius 3 is 2.80 bits per heavy atom. The number of nitrogens with one attached hydrogen (secondary N) is 2. The fourth-order valence-corrected chi connectivity index (χ4v) is 1.80. The fraction of sp³-hybridized carbons (Fsp3) is 0.500. The van der Waals surface area contributed by atoms with Crippen molar-refractivity contribution in [2.24, 2.45) is 4.99 Å². The van der Waals surface area contributed by atoms with Crippen molar-refractivity contribution in [3.63, 3.8) is 0 Å². The topological polar surface area (TPSA) is 54.9 Å². The summed E-state index contributed by atoms with van der Waals surface area (Å²) >= 11 is 6.00. The van der Waals surface area contributed by atoms with Gasteiger partial charge >= 0.3 is 0 Å². The Kier molecular flexibility index (Phi) is 7.84. The summed E-state index contributed by atoms with van der Waals surface area (Å²) in [5.41, 5.74) is 0. The maximum atomic E-state index is 6.00. The van der Waals surface area contributed by atoms with Crippen LogP contribution in [0.3, 0.4) is 0 Å². The van der Waals surface area contributed by atoms with Gasteiger partial charge in [0.05, 0.1) is 18.2 Å². The number of hydrogen-bond acceptors (Lipinski definition) is 3. The van der Waals surface area contributed by atoms with Crippen LogP contribution in [-0.2, 0) is 4.74 Å². The van der Waals surface area contributed by atoms with E-state index in [2.05, 4.69) is 15.6 Å². The zero-order valence-corrected chi connectivity index (χ0v) is 12.9. The monoisotopic (exact) mass is 299 g/mol. The van der Waals surface area contributed by atoms with Crippen LogP contribution in [0, 0.1) is 0 Å². The van der Waals surface area contributed by atoms with Crippen LogP contribution < -0.4 is 15.4 Å². The molecule has 112 valence electrons. The van der Waals surface area contributed by atoms with Crippen LogP contribution in [0.25, 0.3) is 0 Å². The molecule has 0 amide bonds. The Bertz CT molecular complexity index is 427. The number of hydrogen-bond donors (Lipinski definition) is 2. The number of aliphatic imine (C=N–C) groups is 1. The van der Waals surface area contributed by atoms with E-state index in [1.54, 1.807) is 20.2 Å². The van der Waals surface area contributed by atoms with Gasteiger partial charge in [0.2, 0.25) is 0 Å². The molecule has 0 aliphatic carbocycles. The van der Waals surface area contributed by atoms with Crippen LogP contribution in [0.1, 0.15) is 6.92 Å². The highest BCUT2D eigenvalue weighted by molar-refractivity contribution is 6.32. The van der Waals surface area contributed by atoms with E-state index in [9.17, 15) is 0 Å². The second-order valence-corrected chi connectivity index (χ2v) is 4.69. The van der Waals surface area contributed by atoms with Crippen molar-refractivity contribution in [2.45, 2.75) is 13.0 Å². The normalized spacial score (nSPS) is 12.9. The number of methoxy groups -OCH3 is 1. The average molecular weight is 300 g/mol. The Balaban J connectivity index is 2.27. The Hall–Kier alpha value is -1.46. The smallest absolute Gasteiger partial charge is 0.191 e.